The number of fused-ring (bicyclic) bond motifs is 1. The van der Waals surface area contributed by atoms with Crippen LogP contribution in [0.4, 0.5) is 5.69 Å². The van der Waals surface area contributed by atoms with Gasteiger partial charge in [0.05, 0.1) is 11.1 Å². The van der Waals surface area contributed by atoms with Gasteiger partial charge in [0.1, 0.15) is 0 Å². The standard InChI is InChI=1S/C18H21N3O2S/c1-14-5-8-17(9-6-14)24(22,23)20-19-13-15-7-10-18-16(12-15)4-3-11-21(18)2/h5-10,12-13,20H,3-4,11H2,1-2H3. The van der Waals surface area contributed by atoms with E-state index in [9.17, 15) is 8.42 Å². The molecule has 2 aromatic rings. The minimum atomic E-state index is -3.63. The number of hydrazone groups is 1. The van der Waals surface area contributed by atoms with E-state index < -0.39 is 10.0 Å². The van der Waals surface area contributed by atoms with Gasteiger partial charge >= 0.3 is 0 Å². The molecule has 0 saturated heterocycles. The molecule has 0 saturated carbocycles. The molecule has 0 radical (unpaired) electrons. The van der Waals surface area contributed by atoms with E-state index in [-0.39, 0.29) is 4.90 Å². The quantitative estimate of drug-likeness (QED) is 0.686. The van der Waals surface area contributed by atoms with Crippen LogP contribution in [0.25, 0.3) is 0 Å². The van der Waals surface area contributed by atoms with Crippen molar-refractivity contribution in [3.63, 3.8) is 0 Å². The molecule has 0 spiro atoms. The number of nitrogens with one attached hydrogen (secondary N) is 1. The molecule has 0 aromatic heterocycles. The summed E-state index contributed by atoms with van der Waals surface area (Å²) in [4.78, 5) is 4.71. The summed E-state index contributed by atoms with van der Waals surface area (Å²) in [6, 6.07) is 12.7. The van der Waals surface area contributed by atoms with Crippen molar-refractivity contribution >= 4 is 21.9 Å². The van der Waals surface area contributed by atoms with Crippen LogP contribution in [0.15, 0.2) is 52.5 Å². The Labute approximate surface area is 143 Å². The van der Waals surface area contributed by atoms with Crippen molar-refractivity contribution in [1.29, 1.82) is 0 Å². The van der Waals surface area contributed by atoms with Gasteiger partial charge in [0, 0.05) is 19.3 Å². The van der Waals surface area contributed by atoms with E-state index in [2.05, 4.69) is 34.0 Å². The molecule has 0 bridgehead atoms. The van der Waals surface area contributed by atoms with E-state index in [0.29, 0.717) is 0 Å². The Morgan fingerprint density at radius 3 is 2.67 bits per heavy atom. The number of nitrogens with zero attached hydrogens (tertiary/aromatic N) is 2. The second kappa shape index (κ2) is 6.65. The van der Waals surface area contributed by atoms with Gasteiger partial charge in [0.2, 0.25) is 0 Å². The van der Waals surface area contributed by atoms with Crippen molar-refractivity contribution in [1.82, 2.24) is 4.83 Å². The summed E-state index contributed by atoms with van der Waals surface area (Å²) in [6.07, 6.45) is 3.71. The zero-order valence-electron chi connectivity index (χ0n) is 13.9. The largest absolute Gasteiger partial charge is 0.374 e. The number of aryl methyl sites for hydroxylation is 2. The zero-order valence-corrected chi connectivity index (χ0v) is 14.7. The second-order valence-corrected chi connectivity index (χ2v) is 7.74. The van der Waals surface area contributed by atoms with E-state index >= 15 is 0 Å². The van der Waals surface area contributed by atoms with Crippen LogP contribution in [0.3, 0.4) is 0 Å². The molecule has 6 heteroatoms. The number of anilines is 1. The van der Waals surface area contributed by atoms with Crippen LogP contribution in [0.2, 0.25) is 0 Å². The molecule has 1 heterocycles. The van der Waals surface area contributed by atoms with E-state index in [1.54, 1.807) is 30.5 Å². The van der Waals surface area contributed by atoms with Crippen molar-refractivity contribution in [2.45, 2.75) is 24.7 Å². The summed E-state index contributed by atoms with van der Waals surface area (Å²) < 4.78 is 24.4. The lowest BCUT2D eigenvalue weighted by atomic mass is 10.00. The lowest BCUT2D eigenvalue weighted by Gasteiger charge is -2.27. The Balaban J connectivity index is 1.73. The molecular formula is C18H21N3O2S. The van der Waals surface area contributed by atoms with Gasteiger partial charge in [0.25, 0.3) is 10.0 Å². The number of hydrogen-bond donors (Lipinski definition) is 1. The van der Waals surface area contributed by atoms with Crippen molar-refractivity contribution in [3.05, 3.63) is 59.2 Å². The predicted octanol–water partition coefficient (Wildman–Crippen LogP) is 2.69. The summed E-state index contributed by atoms with van der Waals surface area (Å²) in [6.45, 7) is 2.98. The SMILES string of the molecule is Cc1ccc(S(=O)(=O)NN=Cc2ccc3c(c2)CCCN3C)cc1. The maximum absolute atomic E-state index is 12.2. The van der Waals surface area contributed by atoms with Gasteiger partial charge in [-0.1, -0.05) is 23.8 Å². The average molecular weight is 343 g/mol. The van der Waals surface area contributed by atoms with Gasteiger partial charge in [-0.25, -0.2) is 4.83 Å². The molecule has 1 aliphatic heterocycles. The van der Waals surface area contributed by atoms with E-state index in [1.807, 2.05) is 13.0 Å². The fourth-order valence-corrected chi connectivity index (χ4v) is 3.62. The maximum atomic E-state index is 12.2. The van der Waals surface area contributed by atoms with Crippen LogP contribution in [0.1, 0.15) is 23.1 Å². The predicted molar refractivity (Wildman–Crippen MR) is 97.1 cm³/mol. The normalized spacial score (nSPS) is 14.7. The third-order valence-electron chi connectivity index (χ3n) is 4.17. The topological polar surface area (TPSA) is 61.8 Å². The molecule has 3 rings (SSSR count). The minimum absolute atomic E-state index is 0.206. The van der Waals surface area contributed by atoms with Crippen molar-refractivity contribution < 1.29 is 8.42 Å². The summed E-state index contributed by atoms with van der Waals surface area (Å²) in [5, 5.41) is 3.90. The number of rotatable bonds is 4. The summed E-state index contributed by atoms with van der Waals surface area (Å²) in [7, 11) is -1.54. The Morgan fingerprint density at radius 2 is 1.92 bits per heavy atom. The third-order valence-corrected chi connectivity index (χ3v) is 5.41. The van der Waals surface area contributed by atoms with Gasteiger partial charge in [0.15, 0.2) is 0 Å². The summed E-state index contributed by atoms with van der Waals surface area (Å²) in [5.41, 5.74) is 4.40. The Hall–Kier alpha value is -2.34. The van der Waals surface area contributed by atoms with Gasteiger partial charge in [-0.2, -0.15) is 13.5 Å². The van der Waals surface area contributed by atoms with Crippen LogP contribution in [-0.4, -0.2) is 28.2 Å². The van der Waals surface area contributed by atoms with Crippen molar-refractivity contribution in [2.75, 3.05) is 18.5 Å². The van der Waals surface area contributed by atoms with E-state index in [1.165, 1.54) is 11.3 Å². The number of benzene rings is 2. The zero-order chi connectivity index (χ0) is 17.2. The Bertz CT molecular complexity index is 858. The molecule has 1 N–H and O–H groups in total. The summed E-state index contributed by atoms with van der Waals surface area (Å²) in [5.74, 6) is 0. The Morgan fingerprint density at radius 1 is 1.17 bits per heavy atom. The summed E-state index contributed by atoms with van der Waals surface area (Å²) >= 11 is 0. The highest BCUT2D eigenvalue weighted by atomic mass is 32.2. The lowest BCUT2D eigenvalue weighted by Crippen LogP contribution is -2.24. The fraction of sp³-hybridized carbons (Fsp3) is 0.278. The Kier molecular flexibility index (Phi) is 4.57. The number of hydrogen-bond acceptors (Lipinski definition) is 4. The second-order valence-electron chi connectivity index (χ2n) is 6.08. The molecule has 0 aliphatic carbocycles. The fourth-order valence-electron chi connectivity index (χ4n) is 2.83. The van der Waals surface area contributed by atoms with Crippen LogP contribution in [0.5, 0.6) is 0 Å². The van der Waals surface area contributed by atoms with Crippen LogP contribution in [-0.2, 0) is 16.4 Å². The minimum Gasteiger partial charge on any atom is -0.374 e. The van der Waals surface area contributed by atoms with Gasteiger partial charge in [-0.3, -0.25) is 0 Å². The lowest BCUT2D eigenvalue weighted by molar-refractivity contribution is 0.584. The molecule has 126 valence electrons. The van der Waals surface area contributed by atoms with Gasteiger partial charge in [-0.15, -0.1) is 0 Å². The maximum Gasteiger partial charge on any atom is 0.276 e. The molecule has 0 atom stereocenters. The van der Waals surface area contributed by atoms with Crippen LogP contribution >= 0.6 is 0 Å². The molecule has 0 unspecified atom stereocenters. The highest BCUT2D eigenvalue weighted by Gasteiger charge is 2.14. The highest BCUT2D eigenvalue weighted by Crippen LogP contribution is 2.26. The first kappa shape index (κ1) is 16.5. The first-order valence-corrected chi connectivity index (χ1v) is 9.40. The molecule has 0 fully saturated rings. The molecule has 24 heavy (non-hydrogen) atoms. The van der Waals surface area contributed by atoms with Crippen LogP contribution < -0.4 is 9.73 Å². The highest BCUT2D eigenvalue weighted by molar-refractivity contribution is 7.89. The molecule has 2 aromatic carbocycles. The van der Waals surface area contributed by atoms with Crippen LogP contribution in [0, 0.1) is 6.92 Å². The van der Waals surface area contributed by atoms with Crippen molar-refractivity contribution in [2.24, 2.45) is 5.10 Å². The van der Waals surface area contributed by atoms with E-state index in [4.69, 9.17) is 0 Å². The van der Waals surface area contributed by atoms with E-state index in [0.717, 1.165) is 30.5 Å². The smallest absolute Gasteiger partial charge is 0.276 e. The average Bonchev–Trinajstić information content (AvgIpc) is 2.55. The molecule has 5 nitrogen and oxygen atoms in total. The third kappa shape index (κ3) is 3.59. The molecule has 0 amide bonds. The first-order valence-electron chi connectivity index (χ1n) is 7.91. The first-order chi connectivity index (χ1) is 11.5. The molecule has 1 aliphatic rings. The number of sulfonamides is 1. The monoisotopic (exact) mass is 343 g/mol. The van der Waals surface area contributed by atoms with Gasteiger partial charge < -0.3 is 4.90 Å². The van der Waals surface area contributed by atoms with Gasteiger partial charge in [-0.05, 0) is 55.2 Å². The molecular weight excluding hydrogens is 322 g/mol. The van der Waals surface area contributed by atoms with Crippen molar-refractivity contribution in [3.8, 4) is 0 Å².